The Morgan fingerprint density at radius 3 is 2.65 bits per heavy atom. The number of guanidine groups is 1. The van der Waals surface area contributed by atoms with Crippen molar-refractivity contribution in [1.29, 1.82) is 0 Å². The Balaban J connectivity index is 0.00000147. The van der Waals surface area contributed by atoms with Gasteiger partial charge in [-0.3, -0.25) is 0 Å². The van der Waals surface area contributed by atoms with Crippen molar-refractivity contribution in [1.82, 2.24) is 4.90 Å². The number of thioether (sulfide) groups is 1. The van der Waals surface area contributed by atoms with Crippen molar-refractivity contribution in [2.24, 2.45) is 16.6 Å². The molecule has 20 heavy (non-hydrogen) atoms. The molecule has 1 aliphatic heterocycles. The molecule has 1 heterocycles. The maximum atomic E-state index is 6.11. The van der Waals surface area contributed by atoms with Crippen LogP contribution in [0.5, 0.6) is 0 Å². The second-order valence-corrected chi connectivity index (χ2v) is 6.56. The summed E-state index contributed by atoms with van der Waals surface area (Å²) >= 11 is 2.00. The maximum absolute atomic E-state index is 6.11. The third-order valence-electron chi connectivity index (χ3n) is 3.86. The highest BCUT2D eigenvalue weighted by molar-refractivity contribution is 14.0. The highest BCUT2D eigenvalue weighted by Gasteiger charge is 2.37. The number of aliphatic imine (C=N–C) groups is 1. The second kappa shape index (κ2) is 7.54. The molecule has 0 amide bonds. The summed E-state index contributed by atoms with van der Waals surface area (Å²) < 4.78 is 0. The van der Waals surface area contributed by atoms with Crippen LogP contribution in [-0.2, 0) is 6.42 Å². The molecule has 3 rings (SSSR count). The van der Waals surface area contributed by atoms with Crippen molar-refractivity contribution in [3.63, 3.8) is 0 Å². The van der Waals surface area contributed by atoms with Crippen molar-refractivity contribution in [2.45, 2.75) is 18.9 Å². The molecule has 1 saturated carbocycles. The SMILES string of the molecule is I.NC(=NC1CC1Cc1ccccc1)N1CCSCC1. The Morgan fingerprint density at radius 2 is 1.95 bits per heavy atom. The fourth-order valence-electron chi connectivity index (χ4n) is 2.57. The van der Waals surface area contributed by atoms with E-state index in [1.807, 2.05) is 11.8 Å². The summed E-state index contributed by atoms with van der Waals surface area (Å²) in [6, 6.07) is 11.1. The minimum Gasteiger partial charge on any atom is -0.370 e. The van der Waals surface area contributed by atoms with E-state index in [2.05, 4.69) is 35.2 Å². The zero-order valence-corrected chi connectivity index (χ0v) is 14.7. The van der Waals surface area contributed by atoms with Gasteiger partial charge in [-0.15, -0.1) is 24.0 Å². The highest BCUT2D eigenvalue weighted by Crippen LogP contribution is 2.37. The van der Waals surface area contributed by atoms with Crippen LogP contribution in [0.1, 0.15) is 12.0 Å². The fraction of sp³-hybridized carbons (Fsp3) is 0.533. The van der Waals surface area contributed by atoms with E-state index in [0.29, 0.717) is 12.0 Å². The molecule has 110 valence electrons. The van der Waals surface area contributed by atoms with Gasteiger partial charge in [0.25, 0.3) is 0 Å². The second-order valence-electron chi connectivity index (χ2n) is 5.34. The Labute approximate surface area is 142 Å². The van der Waals surface area contributed by atoms with Crippen LogP contribution in [0, 0.1) is 5.92 Å². The van der Waals surface area contributed by atoms with Crippen LogP contribution in [0.4, 0.5) is 0 Å². The normalized spacial score (nSPS) is 26.0. The van der Waals surface area contributed by atoms with Crippen molar-refractivity contribution in [2.75, 3.05) is 24.6 Å². The minimum atomic E-state index is 0. The van der Waals surface area contributed by atoms with Crippen molar-refractivity contribution >= 4 is 41.7 Å². The summed E-state index contributed by atoms with van der Waals surface area (Å²) in [5.74, 6) is 3.81. The molecular weight excluding hydrogens is 381 g/mol. The first-order valence-corrected chi connectivity index (χ1v) is 8.18. The predicted octanol–water partition coefficient (Wildman–Crippen LogP) is 2.60. The first kappa shape index (κ1) is 15.9. The average molecular weight is 403 g/mol. The summed E-state index contributed by atoms with van der Waals surface area (Å²) in [6.45, 7) is 2.10. The van der Waals surface area contributed by atoms with E-state index in [4.69, 9.17) is 10.7 Å². The summed E-state index contributed by atoms with van der Waals surface area (Å²) in [6.07, 6.45) is 2.33. The lowest BCUT2D eigenvalue weighted by Crippen LogP contribution is -2.42. The molecule has 0 radical (unpaired) electrons. The summed E-state index contributed by atoms with van der Waals surface area (Å²) in [5.41, 5.74) is 7.53. The van der Waals surface area contributed by atoms with E-state index >= 15 is 0 Å². The Hall–Kier alpha value is -0.430. The van der Waals surface area contributed by atoms with Gasteiger partial charge in [-0.05, 0) is 24.3 Å². The summed E-state index contributed by atoms with van der Waals surface area (Å²) in [7, 11) is 0. The molecule has 1 saturated heterocycles. The standard InChI is InChI=1S/C15H21N3S.HI/c16-15(18-6-8-19-9-7-18)17-14-11-13(14)10-12-4-2-1-3-5-12;/h1-5,13-14H,6-11H2,(H2,16,17);1H. The van der Waals surface area contributed by atoms with E-state index in [1.165, 1.54) is 23.5 Å². The molecule has 0 spiro atoms. The average Bonchev–Trinajstić information content (AvgIpc) is 3.18. The predicted molar refractivity (Wildman–Crippen MR) is 98.0 cm³/mol. The van der Waals surface area contributed by atoms with Gasteiger partial charge in [-0.25, -0.2) is 4.99 Å². The first-order chi connectivity index (χ1) is 9.33. The van der Waals surface area contributed by atoms with E-state index in [1.54, 1.807) is 0 Å². The van der Waals surface area contributed by atoms with Crippen LogP contribution in [0.3, 0.4) is 0 Å². The number of hydrogen-bond acceptors (Lipinski definition) is 2. The number of nitrogens with zero attached hydrogens (tertiary/aromatic N) is 2. The lowest BCUT2D eigenvalue weighted by atomic mass is 10.1. The van der Waals surface area contributed by atoms with Crippen molar-refractivity contribution < 1.29 is 0 Å². The highest BCUT2D eigenvalue weighted by atomic mass is 127. The van der Waals surface area contributed by atoms with Crippen LogP contribution in [-0.4, -0.2) is 41.5 Å². The van der Waals surface area contributed by atoms with E-state index in [-0.39, 0.29) is 24.0 Å². The van der Waals surface area contributed by atoms with Crippen LogP contribution < -0.4 is 5.73 Å². The first-order valence-electron chi connectivity index (χ1n) is 7.03. The maximum Gasteiger partial charge on any atom is 0.191 e. The van der Waals surface area contributed by atoms with Crippen molar-refractivity contribution in [3.05, 3.63) is 35.9 Å². The van der Waals surface area contributed by atoms with Gasteiger partial charge in [0.15, 0.2) is 5.96 Å². The lowest BCUT2D eigenvalue weighted by Gasteiger charge is -2.27. The topological polar surface area (TPSA) is 41.6 Å². The smallest absolute Gasteiger partial charge is 0.191 e. The van der Waals surface area contributed by atoms with Gasteiger partial charge in [-0.1, -0.05) is 30.3 Å². The van der Waals surface area contributed by atoms with Gasteiger partial charge < -0.3 is 10.6 Å². The number of halogens is 1. The van der Waals surface area contributed by atoms with Gasteiger partial charge in [0.1, 0.15) is 0 Å². The molecule has 1 aromatic rings. The number of rotatable bonds is 3. The fourth-order valence-corrected chi connectivity index (χ4v) is 3.47. The van der Waals surface area contributed by atoms with Gasteiger partial charge in [0.05, 0.1) is 6.04 Å². The number of nitrogens with two attached hydrogens (primary N) is 1. The zero-order chi connectivity index (χ0) is 13.1. The number of benzene rings is 1. The molecule has 2 aliphatic rings. The zero-order valence-electron chi connectivity index (χ0n) is 11.6. The van der Waals surface area contributed by atoms with E-state index < -0.39 is 0 Å². The third kappa shape index (κ3) is 4.28. The van der Waals surface area contributed by atoms with Crippen LogP contribution in [0.25, 0.3) is 0 Å². The minimum absolute atomic E-state index is 0. The molecule has 0 aromatic heterocycles. The molecule has 1 aliphatic carbocycles. The van der Waals surface area contributed by atoms with Crippen LogP contribution in [0.2, 0.25) is 0 Å². The molecule has 3 nitrogen and oxygen atoms in total. The molecule has 0 bridgehead atoms. The Kier molecular flexibility index (Phi) is 6.01. The Morgan fingerprint density at radius 1 is 1.25 bits per heavy atom. The number of hydrogen-bond donors (Lipinski definition) is 1. The molecule has 2 unspecified atom stereocenters. The monoisotopic (exact) mass is 403 g/mol. The largest absolute Gasteiger partial charge is 0.370 e. The lowest BCUT2D eigenvalue weighted by molar-refractivity contribution is 0.455. The van der Waals surface area contributed by atoms with Crippen LogP contribution >= 0.6 is 35.7 Å². The third-order valence-corrected chi connectivity index (χ3v) is 4.80. The van der Waals surface area contributed by atoms with Gasteiger partial charge in [-0.2, -0.15) is 11.8 Å². The molecule has 5 heteroatoms. The quantitative estimate of drug-likeness (QED) is 0.479. The Bertz CT molecular complexity index is 446. The molecule has 2 fully saturated rings. The molecular formula is C15H22IN3S. The summed E-state index contributed by atoms with van der Waals surface area (Å²) in [4.78, 5) is 6.93. The van der Waals surface area contributed by atoms with Gasteiger partial charge in [0.2, 0.25) is 0 Å². The van der Waals surface area contributed by atoms with Gasteiger partial charge in [0, 0.05) is 24.6 Å². The summed E-state index contributed by atoms with van der Waals surface area (Å²) in [5, 5.41) is 0. The van der Waals surface area contributed by atoms with Crippen LogP contribution in [0.15, 0.2) is 35.3 Å². The molecule has 2 atom stereocenters. The van der Waals surface area contributed by atoms with Crippen molar-refractivity contribution in [3.8, 4) is 0 Å². The van der Waals surface area contributed by atoms with Gasteiger partial charge >= 0.3 is 0 Å². The van der Waals surface area contributed by atoms with E-state index in [0.717, 1.165) is 25.5 Å². The van der Waals surface area contributed by atoms with E-state index in [9.17, 15) is 0 Å². The molecule has 2 N–H and O–H groups in total. The molecule has 1 aromatic carbocycles.